The summed E-state index contributed by atoms with van der Waals surface area (Å²) in [5.41, 5.74) is 17.2. The number of benzene rings is 7. The molecule has 362 valence electrons. The van der Waals surface area contributed by atoms with Crippen molar-refractivity contribution in [3.63, 3.8) is 0 Å². The third-order valence-corrected chi connectivity index (χ3v) is 15.4. The summed E-state index contributed by atoms with van der Waals surface area (Å²) in [7, 11) is 0. The third kappa shape index (κ3) is 7.96. The van der Waals surface area contributed by atoms with Gasteiger partial charge in [-0.3, -0.25) is 0 Å². The zero-order valence-electron chi connectivity index (χ0n) is 45.8. The van der Waals surface area contributed by atoms with Gasteiger partial charge in [-0.1, -0.05) is 179 Å². The van der Waals surface area contributed by atoms with E-state index in [9.17, 15) is 5.26 Å². The minimum atomic E-state index is -0.101. The Morgan fingerprint density at radius 3 is 0.817 bits per heavy atom. The van der Waals surface area contributed by atoms with E-state index in [4.69, 9.17) is 0 Å². The number of aromatic nitrogens is 3. The monoisotopic (exact) mass is 935 g/mol. The second-order valence-corrected chi connectivity index (χ2v) is 26.9. The molecule has 0 fully saturated rings. The molecule has 4 heteroatoms. The topological polar surface area (TPSA) is 38.6 Å². The second kappa shape index (κ2) is 15.7. The molecule has 10 aromatic rings. The molecule has 71 heavy (non-hydrogen) atoms. The van der Waals surface area contributed by atoms with Crippen LogP contribution >= 0.6 is 0 Å². The summed E-state index contributed by atoms with van der Waals surface area (Å²) < 4.78 is 7.31. The molecule has 0 saturated heterocycles. The Hall–Kier alpha value is -6.57. The van der Waals surface area contributed by atoms with Crippen molar-refractivity contribution in [1.82, 2.24) is 13.7 Å². The van der Waals surface area contributed by atoms with Crippen molar-refractivity contribution >= 4 is 65.4 Å². The maximum Gasteiger partial charge on any atom is 0.104 e. The van der Waals surface area contributed by atoms with Crippen LogP contribution in [0.5, 0.6) is 0 Å². The van der Waals surface area contributed by atoms with Crippen molar-refractivity contribution in [3.05, 3.63) is 160 Å². The second-order valence-electron chi connectivity index (χ2n) is 26.9. The zero-order chi connectivity index (χ0) is 51.3. The molecule has 0 aliphatic carbocycles. The molecule has 0 N–H and O–H groups in total. The molecule has 0 atom stereocenters. The lowest BCUT2D eigenvalue weighted by Gasteiger charge is -2.23. The first-order valence-electron chi connectivity index (χ1n) is 25.8. The van der Waals surface area contributed by atoms with Crippen molar-refractivity contribution in [2.75, 3.05) is 0 Å². The van der Waals surface area contributed by atoms with Crippen molar-refractivity contribution < 1.29 is 0 Å². The van der Waals surface area contributed by atoms with Crippen LogP contribution in [0.25, 0.3) is 82.5 Å². The highest BCUT2D eigenvalue weighted by molar-refractivity contribution is 6.13. The van der Waals surface area contributed by atoms with Gasteiger partial charge in [0.1, 0.15) is 11.6 Å². The van der Waals surface area contributed by atoms with Gasteiger partial charge in [-0.25, -0.2) is 0 Å². The highest BCUT2D eigenvalue weighted by Gasteiger charge is 2.29. The van der Waals surface area contributed by atoms with Crippen LogP contribution in [0.15, 0.2) is 121 Å². The quantitative estimate of drug-likeness (QED) is 0.174. The Bertz CT molecular complexity index is 3690. The molecular weight excluding hydrogens is 861 g/mol. The lowest BCUT2D eigenvalue weighted by atomic mass is 9.85. The van der Waals surface area contributed by atoms with E-state index >= 15 is 0 Å². The average molecular weight is 935 g/mol. The van der Waals surface area contributed by atoms with Crippen LogP contribution in [0.3, 0.4) is 0 Å². The van der Waals surface area contributed by atoms with Crippen molar-refractivity contribution in [3.8, 4) is 23.1 Å². The van der Waals surface area contributed by atoms with Gasteiger partial charge < -0.3 is 13.7 Å². The van der Waals surface area contributed by atoms with E-state index < -0.39 is 0 Å². The first-order valence-corrected chi connectivity index (χ1v) is 25.8. The van der Waals surface area contributed by atoms with Crippen LogP contribution in [-0.2, 0) is 32.5 Å². The molecule has 0 spiro atoms. The third-order valence-electron chi connectivity index (χ3n) is 15.4. The molecular formula is C67H74N4. The molecule has 0 amide bonds. The number of hydrogen-bond acceptors (Lipinski definition) is 1. The van der Waals surface area contributed by atoms with E-state index in [1.54, 1.807) is 0 Å². The van der Waals surface area contributed by atoms with Crippen LogP contribution in [0.4, 0.5) is 0 Å². The maximum absolute atomic E-state index is 12.1. The van der Waals surface area contributed by atoms with Crippen LogP contribution in [0.2, 0.25) is 0 Å². The maximum atomic E-state index is 12.1. The Labute approximate surface area is 422 Å². The summed E-state index contributed by atoms with van der Waals surface area (Å²) in [6.07, 6.45) is 0. The van der Waals surface area contributed by atoms with Gasteiger partial charge in [-0.05, 0) is 133 Å². The lowest BCUT2D eigenvalue weighted by Crippen LogP contribution is -2.12. The summed E-state index contributed by atoms with van der Waals surface area (Å²) in [5.74, 6) is 0. The van der Waals surface area contributed by atoms with Gasteiger partial charge >= 0.3 is 0 Å². The predicted molar refractivity (Wildman–Crippen MR) is 306 cm³/mol. The van der Waals surface area contributed by atoms with Crippen LogP contribution in [0.1, 0.15) is 164 Å². The molecule has 0 saturated carbocycles. The molecule has 3 heterocycles. The van der Waals surface area contributed by atoms with Gasteiger partial charge in [-0.15, -0.1) is 0 Å². The summed E-state index contributed by atoms with van der Waals surface area (Å²) in [6.45, 7) is 41.3. The van der Waals surface area contributed by atoms with E-state index in [0.717, 1.165) is 50.2 Å². The Morgan fingerprint density at radius 1 is 0.282 bits per heavy atom. The van der Waals surface area contributed by atoms with Crippen LogP contribution in [-0.4, -0.2) is 13.7 Å². The molecule has 0 bridgehead atoms. The molecule has 0 aliphatic heterocycles. The van der Waals surface area contributed by atoms with Gasteiger partial charge in [0.05, 0.1) is 50.2 Å². The fraction of sp³-hybridized carbons (Fsp3) is 0.358. The van der Waals surface area contributed by atoms with E-state index in [-0.39, 0.29) is 32.5 Å². The predicted octanol–water partition coefficient (Wildman–Crippen LogP) is 18.6. The highest BCUT2D eigenvalue weighted by Crippen LogP contribution is 2.45. The zero-order valence-corrected chi connectivity index (χ0v) is 45.8. The summed E-state index contributed by atoms with van der Waals surface area (Å²) in [5, 5.41) is 19.2. The number of hydrogen-bond donors (Lipinski definition) is 0. The number of fused-ring (bicyclic) bond motifs is 9. The molecule has 0 unspecified atom stereocenters. The van der Waals surface area contributed by atoms with E-state index in [2.05, 4.69) is 266 Å². The van der Waals surface area contributed by atoms with Gasteiger partial charge in [-0.2, -0.15) is 5.26 Å². The fourth-order valence-electron chi connectivity index (χ4n) is 10.9. The molecule has 3 aromatic heterocycles. The lowest BCUT2D eigenvalue weighted by molar-refractivity contribution is 0.590. The van der Waals surface area contributed by atoms with Crippen molar-refractivity contribution in [1.29, 1.82) is 5.26 Å². The van der Waals surface area contributed by atoms with E-state index in [1.165, 1.54) is 65.7 Å². The average Bonchev–Trinajstić information content (AvgIpc) is 3.90. The van der Waals surface area contributed by atoms with Gasteiger partial charge in [0.2, 0.25) is 0 Å². The molecule has 0 aliphatic rings. The smallest absolute Gasteiger partial charge is 0.104 e. The molecule has 4 nitrogen and oxygen atoms in total. The number of nitriles is 1. The van der Waals surface area contributed by atoms with E-state index in [1.807, 2.05) is 0 Å². The first-order chi connectivity index (χ1) is 32.9. The Morgan fingerprint density at radius 2 is 0.535 bits per heavy atom. The van der Waals surface area contributed by atoms with Gasteiger partial charge in [0.15, 0.2) is 0 Å². The van der Waals surface area contributed by atoms with E-state index in [0.29, 0.717) is 5.56 Å². The largest absolute Gasteiger partial charge is 0.309 e. The Kier molecular flexibility index (Phi) is 10.6. The molecule has 0 radical (unpaired) electrons. The van der Waals surface area contributed by atoms with Crippen LogP contribution < -0.4 is 0 Å². The summed E-state index contributed by atoms with van der Waals surface area (Å²) in [6, 6.07) is 49.7. The number of rotatable bonds is 3. The van der Waals surface area contributed by atoms with Crippen LogP contribution in [0, 0.1) is 11.3 Å². The highest BCUT2D eigenvalue weighted by atomic mass is 15.0. The van der Waals surface area contributed by atoms with Gasteiger partial charge in [0, 0.05) is 32.3 Å². The summed E-state index contributed by atoms with van der Waals surface area (Å²) >= 11 is 0. The van der Waals surface area contributed by atoms with Crippen molar-refractivity contribution in [2.24, 2.45) is 0 Å². The Balaban J connectivity index is 1.45. The van der Waals surface area contributed by atoms with Crippen molar-refractivity contribution in [2.45, 2.75) is 157 Å². The number of nitrogens with zero attached hydrogens (tertiary/aromatic N) is 4. The summed E-state index contributed by atoms with van der Waals surface area (Å²) in [4.78, 5) is 0. The normalized spacial score (nSPS) is 13.5. The minimum Gasteiger partial charge on any atom is -0.309 e. The molecule has 10 rings (SSSR count). The first kappa shape index (κ1) is 48.1. The standard InChI is InChI=1S/C67H74N4/c1-62(2,3)40-22-28-54-50(31-40)47-25-19-43(65(10,11)12)34-57(47)69(54)46-37-60(70-55-29-23-41(63(4,5)6)32-51(55)48-26-20-44(35-58(48)70)66(13,14)15)53(39-68)61(38-46)71-56-30-24-42(64(7,8)9)33-52(56)49-27-21-45(36-59(49)71)67(16,17)18/h19-38H,1-18H3. The SMILES string of the molecule is CC(C)(C)c1ccc2c(c1)c1ccc(C(C)(C)C)cc1n2-c1cc(-n2c3ccc(C(C)(C)C)cc3c3ccc(C(C)(C)C)cc32)c(C#N)c(-n2c3ccc(C(C)(C)C)cc3c3ccc(C(C)(C)C)cc32)c1. The van der Waals surface area contributed by atoms with Gasteiger partial charge in [0.25, 0.3) is 0 Å². The minimum absolute atomic E-state index is 0.0344. The molecule has 7 aromatic carbocycles. The fourth-order valence-corrected chi connectivity index (χ4v) is 10.9.